The molecule has 0 unspecified atom stereocenters. The number of nitriles is 1. The number of carbonyl (C=O) groups excluding carboxylic acids is 2. The first-order valence-electron chi connectivity index (χ1n) is 9.25. The van der Waals surface area contributed by atoms with E-state index < -0.39 is 23.3 Å². The van der Waals surface area contributed by atoms with Gasteiger partial charge in [0.1, 0.15) is 17.4 Å². The van der Waals surface area contributed by atoms with Gasteiger partial charge in [0.15, 0.2) is 11.7 Å². The fourth-order valence-electron chi connectivity index (χ4n) is 2.61. The molecule has 0 fully saturated rings. The largest absolute Gasteiger partial charge is 0.483 e. The van der Waals surface area contributed by atoms with Crippen molar-refractivity contribution < 1.29 is 19.2 Å². The zero-order valence-corrected chi connectivity index (χ0v) is 19.3. The molecule has 13 heteroatoms. The first-order valence-corrected chi connectivity index (χ1v) is 10.9. The molecule has 0 aliphatic carbocycles. The summed E-state index contributed by atoms with van der Waals surface area (Å²) in [6, 6.07) is 9.64. The number of hydrogen-bond acceptors (Lipinski definition) is 8. The summed E-state index contributed by atoms with van der Waals surface area (Å²) in [5.41, 5.74) is -0.385. The minimum absolute atomic E-state index is 0.0474. The average Bonchev–Trinajstić information content (AvgIpc) is 3.28. The number of nitrogens with zero attached hydrogens (tertiary/aromatic N) is 3. The van der Waals surface area contributed by atoms with Gasteiger partial charge in [0.05, 0.1) is 4.92 Å². The van der Waals surface area contributed by atoms with Gasteiger partial charge in [-0.15, -0.1) is 11.3 Å². The van der Waals surface area contributed by atoms with Crippen molar-refractivity contribution in [3.63, 3.8) is 0 Å². The predicted octanol–water partition coefficient (Wildman–Crippen LogP) is 4.92. The summed E-state index contributed by atoms with van der Waals surface area (Å²) in [6.45, 7) is -0.437. The lowest BCUT2D eigenvalue weighted by Gasteiger charge is -2.10. The van der Waals surface area contributed by atoms with E-state index in [0.717, 1.165) is 12.1 Å². The van der Waals surface area contributed by atoms with E-state index in [2.05, 4.69) is 15.6 Å². The monoisotopic (exact) mass is 517 g/mol. The smallest absolute Gasteiger partial charge is 0.270 e. The topological polar surface area (TPSA) is 147 Å². The molecule has 172 valence electrons. The maximum atomic E-state index is 12.6. The van der Waals surface area contributed by atoms with E-state index in [1.807, 2.05) is 0 Å². The zero-order chi connectivity index (χ0) is 24.7. The Balaban J connectivity index is 1.84. The third kappa shape index (κ3) is 6.76. The molecule has 3 aromatic rings. The summed E-state index contributed by atoms with van der Waals surface area (Å²) in [5.74, 6) is -1.27. The average molecular weight is 518 g/mol. The van der Waals surface area contributed by atoms with Gasteiger partial charge in [0, 0.05) is 45.0 Å². The molecular weight excluding hydrogens is 505 g/mol. The highest BCUT2D eigenvalue weighted by Crippen LogP contribution is 2.28. The molecule has 1 aromatic heterocycles. The molecule has 2 aromatic carbocycles. The molecule has 0 radical (unpaired) electrons. The van der Waals surface area contributed by atoms with Crippen molar-refractivity contribution in [3.05, 3.63) is 79.3 Å². The third-order valence-corrected chi connectivity index (χ3v) is 5.15. The zero-order valence-electron chi connectivity index (χ0n) is 17.0. The standard InChI is InChI=1S/C21H13Cl2N5O5S/c22-14-7-15(23)9-16(8-14)26-20(30)13(10-24)5-12-6-17(28(31)32)1-2-18(12)33-11-19(29)27-21-25-3-4-34-21/h1-9H,11H2,(H,26,30)(H,25,27,29)/b13-5+. The number of rotatable bonds is 8. The number of benzene rings is 2. The molecule has 34 heavy (non-hydrogen) atoms. The van der Waals surface area contributed by atoms with Crippen molar-refractivity contribution in [2.45, 2.75) is 0 Å². The van der Waals surface area contributed by atoms with Gasteiger partial charge >= 0.3 is 0 Å². The number of nitro groups is 1. The lowest BCUT2D eigenvalue weighted by Crippen LogP contribution is -2.20. The Labute approximate surface area is 206 Å². The molecule has 2 N–H and O–H groups in total. The Hall–Kier alpha value is -3.98. The van der Waals surface area contributed by atoms with Crippen molar-refractivity contribution in [3.8, 4) is 11.8 Å². The molecule has 2 amide bonds. The Morgan fingerprint density at radius 3 is 2.56 bits per heavy atom. The highest BCUT2D eigenvalue weighted by Gasteiger charge is 2.16. The van der Waals surface area contributed by atoms with Crippen molar-refractivity contribution in [2.75, 3.05) is 17.2 Å². The minimum Gasteiger partial charge on any atom is -0.483 e. The maximum absolute atomic E-state index is 12.6. The van der Waals surface area contributed by atoms with Gasteiger partial charge in [-0.05, 0) is 30.3 Å². The molecule has 0 saturated heterocycles. The van der Waals surface area contributed by atoms with Crippen LogP contribution in [0.15, 0.2) is 53.5 Å². The van der Waals surface area contributed by atoms with E-state index in [1.165, 1.54) is 47.9 Å². The Morgan fingerprint density at radius 2 is 1.94 bits per heavy atom. The second-order valence-electron chi connectivity index (χ2n) is 6.44. The van der Waals surface area contributed by atoms with Crippen LogP contribution in [0.3, 0.4) is 0 Å². The van der Waals surface area contributed by atoms with Crippen LogP contribution in [0.4, 0.5) is 16.5 Å². The van der Waals surface area contributed by atoms with Crippen molar-refractivity contribution in [1.82, 2.24) is 4.98 Å². The number of aromatic nitrogens is 1. The molecule has 0 saturated carbocycles. The molecule has 0 bridgehead atoms. The Bertz CT molecular complexity index is 1300. The highest BCUT2D eigenvalue weighted by atomic mass is 35.5. The highest BCUT2D eigenvalue weighted by molar-refractivity contribution is 7.13. The number of carbonyl (C=O) groups is 2. The van der Waals surface area contributed by atoms with E-state index in [-0.39, 0.29) is 38.3 Å². The van der Waals surface area contributed by atoms with Gasteiger partial charge in [0.25, 0.3) is 17.5 Å². The molecule has 0 atom stereocenters. The number of nitro benzene ring substituents is 1. The quantitative estimate of drug-likeness (QED) is 0.186. The summed E-state index contributed by atoms with van der Waals surface area (Å²) in [6.07, 6.45) is 2.63. The van der Waals surface area contributed by atoms with E-state index >= 15 is 0 Å². The van der Waals surface area contributed by atoms with Crippen LogP contribution in [0.1, 0.15) is 5.56 Å². The van der Waals surface area contributed by atoms with Crippen LogP contribution in [-0.2, 0) is 9.59 Å². The lowest BCUT2D eigenvalue weighted by atomic mass is 10.1. The van der Waals surface area contributed by atoms with Gasteiger partial charge in [-0.25, -0.2) is 4.98 Å². The van der Waals surface area contributed by atoms with Gasteiger partial charge in [-0.3, -0.25) is 25.0 Å². The van der Waals surface area contributed by atoms with E-state index in [1.54, 1.807) is 11.4 Å². The first-order chi connectivity index (χ1) is 16.2. The van der Waals surface area contributed by atoms with Crippen LogP contribution in [-0.4, -0.2) is 28.3 Å². The SMILES string of the molecule is N#C/C(=C\c1cc([N+](=O)[O-])ccc1OCC(=O)Nc1nccs1)C(=O)Nc1cc(Cl)cc(Cl)c1. The lowest BCUT2D eigenvalue weighted by molar-refractivity contribution is -0.384. The molecule has 3 rings (SSSR count). The fourth-order valence-corrected chi connectivity index (χ4v) is 3.68. The first kappa shape index (κ1) is 24.7. The van der Waals surface area contributed by atoms with Crippen LogP contribution in [0, 0.1) is 21.4 Å². The number of halogens is 2. The van der Waals surface area contributed by atoms with E-state index in [4.69, 9.17) is 27.9 Å². The molecule has 0 aliphatic rings. The van der Waals surface area contributed by atoms with Crippen LogP contribution in [0.5, 0.6) is 5.75 Å². The predicted molar refractivity (Wildman–Crippen MR) is 128 cm³/mol. The Kier molecular flexibility index (Phi) is 8.15. The molecule has 10 nitrogen and oxygen atoms in total. The number of amides is 2. The summed E-state index contributed by atoms with van der Waals surface area (Å²) >= 11 is 13.1. The van der Waals surface area contributed by atoms with Crippen LogP contribution >= 0.6 is 34.5 Å². The molecular formula is C21H13Cl2N5O5S. The summed E-state index contributed by atoms with van der Waals surface area (Å²) in [4.78, 5) is 39.2. The summed E-state index contributed by atoms with van der Waals surface area (Å²) in [7, 11) is 0. The van der Waals surface area contributed by atoms with Crippen LogP contribution < -0.4 is 15.4 Å². The van der Waals surface area contributed by atoms with E-state index in [0.29, 0.717) is 5.13 Å². The number of non-ortho nitro benzene ring substituents is 1. The second-order valence-corrected chi connectivity index (χ2v) is 8.20. The van der Waals surface area contributed by atoms with Crippen LogP contribution in [0.25, 0.3) is 6.08 Å². The van der Waals surface area contributed by atoms with Gasteiger partial charge in [-0.1, -0.05) is 23.2 Å². The summed E-state index contributed by atoms with van der Waals surface area (Å²) in [5, 5.41) is 28.3. The Morgan fingerprint density at radius 1 is 1.21 bits per heavy atom. The van der Waals surface area contributed by atoms with Crippen LogP contribution in [0.2, 0.25) is 10.0 Å². The minimum atomic E-state index is -0.806. The number of thiazole rings is 1. The van der Waals surface area contributed by atoms with Gasteiger partial charge in [0.2, 0.25) is 0 Å². The number of anilines is 2. The third-order valence-electron chi connectivity index (χ3n) is 4.03. The molecule has 0 aliphatic heterocycles. The summed E-state index contributed by atoms with van der Waals surface area (Å²) < 4.78 is 5.48. The number of ether oxygens (including phenoxy) is 1. The van der Waals surface area contributed by atoms with Crippen molar-refractivity contribution in [2.24, 2.45) is 0 Å². The normalized spacial score (nSPS) is 10.8. The van der Waals surface area contributed by atoms with Gasteiger partial charge < -0.3 is 10.1 Å². The maximum Gasteiger partial charge on any atom is 0.270 e. The second kappa shape index (κ2) is 11.2. The van der Waals surface area contributed by atoms with E-state index in [9.17, 15) is 25.0 Å². The van der Waals surface area contributed by atoms with Gasteiger partial charge in [-0.2, -0.15) is 5.26 Å². The number of hydrogen-bond donors (Lipinski definition) is 2. The molecule has 0 spiro atoms. The number of nitrogens with one attached hydrogen (secondary N) is 2. The molecule has 1 heterocycles. The van der Waals surface area contributed by atoms with Crippen molar-refractivity contribution in [1.29, 1.82) is 5.26 Å². The van der Waals surface area contributed by atoms with Crippen molar-refractivity contribution >= 4 is 68.9 Å². The fraction of sp³-hybridized carbons (Fsp3) is 0.0476.